The van der Waals surface area contributed by atoms with Crippen molar-refractivity contribution in [3.8, 4) is 5.75 Å². The fourth-order valence-electron chi connectivity index (χ4n) is 3.42. The van der Waals surface area contributed by atoms with Gasteiger partial charge in [0, 0.05) is 5.56 Å². The van der Waals surface area contributed by atoms with Crippen molar-refractivity contribution in [2.75, 3.05) is 7.11 Å². The van der Waals surface area contributed by atoms with E-state index in [1.54, 1.807) is 30.3 Å². The van der Waals surface area contributed by atoms with E-state index in [0.717, 1.165) is 6.08 Å². The van der Waals surface area contributed by atoms with Crippen molar-refractivity contribution in [1.29, 1.82) is 0 Å². The van der Waals surface area contributed by atoms with E-state index in [1.165, 1.54) is 7.11 Å². The molecule has 0 aliphatic heterocycles. The van der Waals surface area contributed by atoms with Gasteiger partial charge in [-0.05, 0) is 36.6 Å². The summed E-state index contributed by atoms with van der Waals surface area (Å²) in [5.74, 6) is 0.277. The van der Waals surface area contributed by atoms with Gasteiger partial charge >= 0.3 is 6.18 Å². The Balaban J connectivity index is 2.21. The van der Waals surface area contributed by atoms with Crippen molar-refractivity contribution < 1.29 is 22.3 Å². The van der Waals surface area contributed by atoms with Crippen LogP contribution < -0.4 is 10.2 Å². The molecular weight excluding hydrogens is 333 g/mol. The monoisotopic (exact) mass is 346 g/mol. The summed E-state index contributed by atoms with van der Waals surface area (Å²) in [5, 5.41) is 0.107. The maximum atomic E-state index is 13.5. The largest absolute Gasteiger partial charge is 0.496 e. The Labute approximate surface area is 140 Å². The summed E-state index contributed by atoms with van der Waals surface area (Å²) in [6.07, 6.45) is -2.65. The number of rotatable bonds is 1. The Morgan fingerprint density at radius 1 is 1.08 bits per heavy atom. The Kier molecular flexibility index (Phi) is 3.39. The maximum absolute atomic E-state index is 13.5. The molecule has 1 aliphatic carbocycles. The molecule has 1 aromatic heterocycles. The third-order valence-corrected chi connectivity index (χ3v) is 4.47. The van der Waals surface area contributed by atoms with Crippen LogP contribution in [0.3, 0.4) is 0 Å². The van der Waals surface area contributed by atoms with Gasteiger partial charge in [-0.2, -0.15) is 13.2 Å². The van der Waals surface area contributed by atoms with Crippen LogP contribution in [0, 0.1) is 0 Å². The number of halogens is 3. The molecule has 4 rings (SSSR count). The average Bonchev–Trinajstić information content (AvgIpc) is 2.59. The summed E-state index contributed by atoms with van der Waals surface area (Å²) in [7, 11) is 1.40. The molecular formula is C19H13F3O3. The van der Waals surface area contributed by atoms with Crippen LogP contribution in [-0.4, -0.2) is 13.3 Å². The van der Waals surface area contributed by atoms with Crippen molar-refractivity contribution in [2.45, 2.75) is 19.0 Å². The standard InChI is InChI=1S/C19H13F3O3/c1-24-12-6-3-7-13-16(12)18(23)17-14(25-13)9-8-10-4-2-5-11(15(10)17)19(20,21)22/h3,5-9H,2,4H2,1H3. The maximum Gasteiger partial charge on any atom is 0.416 e. The Morgan fingerprint density at radius 3 is 2.56 bits per heavy atom. The predicted octanol–water partition coefficient (Wildman–Crippen LogP) is 4.85. The second kappa shape index (κ2) is 5.37. The highest BCUT2D eigenvalue weighted by Gasteiger charge is 2.38. The molecule has 3 nitrogen and oxygen atoms in total. The lowest BCUT2D eigenvalue weighted by Gasteiger charge is -2.21. The molecule has 0 saturated heterocycles. The zero-order valence-electron chi connectivity index (χ0n) is 13.2. The first-order chi connectivity index (χ1) is 11.9. The summed E-state index contributed by atoms with van der Waals surface area (Å²) in [4.78, 5) is 13.1. The minimum atomic E-state index is -4.54. The quantitative estimate of drug-likeness (QED) is 0.592. The van der Waals surface area contributed by atoms with Gasteiger partial charge in [-0.3, -0.25) is 4.79 Å². The predicted molar refractivity (Wildman–Crippen MR) is 88.9 cm³/mol. The first kappa shape index (κ1) is 15.7. The third kappa shape index (κ3) is 2.32. The van der Waals surface area contributed by atoms with E-state index >= 15 is 0 Å². The van der Waals surface area contributed by atoms with E-state index in [-0.39, 0.29) is 39.7 Å². The summed E-state index contributed by atoms with van der Waals surface area (Å²) in [5.41, 5.74) is -0.433. The fraction of sp³-hybridized carbons (Fsp3) is 0.211. The van der Waals surface area contributed by atoms with Gasteiger partial charge < -0.3 is 9.15 Å². The lowest BCUT2D eigenvalue weighted by atomic mass is 9.87. The Morgan fingerprint density at radius 2 is 1.84 bits per heavy atom. The molecule has 0 bridgehead atoms. The first-order valence-corrected chi connectivity index (χ1v) is 7.75. The van der Waals surface area contributed by atoms with Crippen LogP contribution in [0.5, 0.6) is 5.75 Å². The first-order valence-electron chi connectivity index (χ1n) is 7.75. The molecule has 0 saturated carbocycles. The molecule has 128 valence electrons. The summed E-state index contributed by atoms with van der Waals surface area (Å²) in [6, 6.07) is 8.01. The molecule has 3 aromatic rings. The number of hydrogen-bond donors (Lipinski definition) is 0. The number of alkyl halides is 3. The van der Waals surface area contributed by atoms with Crippen molar-refractivity contribution in [1.82, 2.24) is 0 Å². The molecule has 0 N–H and O–H groups in total. The molecule has 0 spiro atoms. The number of benzene rings is 2. The molecule has 0 atom stereocenters. The van der Waals surface area contributed by atoms with Gasteiger partial charge in [0.2, 0.25) is 5.43 Å². The Hall–Kier alpha value is -2.76. The SMILES string of the molecule is COc1cccc2oc3ccc4c(c3c(=O)c12)C(C(F)(F)F)=CCC4. The molecule has 25 heavy (non-hydrogen) atoms. The van der Waals surface area contributed by atoms with Crippen LogP contribution in [0.4, 0.5) is 13.2 Å². The smallest absolute Gasteiger partial charge is 0.416 e. The lowest BCUT2D eigenvalue weighted by Crippen LogP contribution is -2.18. The molecule has 0 fully saturated rings. The van der Waals surface area contributed by atoms with Crippen LogP contribution >= 0.6 is 0 Å². The molecule has 6 heteroatoms. The van der Waals surface area contributed by atoms with Crippen LogP contribution in [0.25, 0.3) is 27.5 Å². The molecule has 1 aliphatic rings. The van der Waals surface area contributed by atoms with Gasteiger partial charge in [-0.1, -0.05) is 18.2 Å². The highest BCUT2D eigenvalue weighted by atomic mass is 19.4. The molecule has 0 amide bonds. The fourth-order valence-corrected chi connectivity index (χ4v) is 3.42. The van der Waals surface area contributed by atoms with E-state index in [1.807, 2.05) is 0 Å². The normalized spacial score (nSPS) is 14.5. The number of methoxy groups -OCH3 is 1. The summed E-state index contributed by atoms with van der Waals surface area (Å²) < 4.78 is 51.5. The minimum Gasteiger partial charge on any atom is -0.496 e. The molecule has 2 aromatic carbocycles. The van der Waals surface area contributed by atoms with Crippen molar-refractivity contribution in [2.24, 2.45) is 0 Å². The van der Waals surface area contributed by atoms with E-state index in [2.05, 4.69) is 0 Å². The van der Waals surface area contributed by atoms with Gasteiger partial charge in [-0.25, -0.2) is 0 Å². The number of aryl methyl sites for hydroxylation is 1. The van der Waals surface area contributed by atoms with Gasteiger partial charge in [-0.15, -0.1) is 0 Å². The topological polar surface area (TPSA) is 39.4 Å². The van der Waals surface area contributed by atoms with Crippen LogP contribution in [0.1, 0.15) is 17.5 Å². The van der Waals surface area contributed by atoms with Crippen molar-refractivity contribution in [3.05, 3.63) is 57.8 Å². The summed E-state index contributed by atoms with van der Waals surface area (Å²) >= 11 is 0. The van der Waals surface area contributed by atoms with Crippen LogP contribution in [-0.2, 0) is 6.42 Å². The van der Waals surface area contributed by atoms with Gasteiger partial charge in [0.25, 0.3) is 0 Å². The zero-order valence-corrected chi connectivity index (χ0v) is 13.2. The van der Waals surface area contributed by atoms with Gasteiger partial charge in [0.15, 0.2) is 0 Å². The second-order valence-electron chi connectivity index (χ2n) is 5.89. The summed E-state index contributed by atoms with van der Waals surface area (Å²) in [6.45, 7) is 0. The Bertz CT molecular complexity index is 1090. The zero-order chi connectivity index (χ0) is 17.8. The van der Waals surface area contributed by atoms with Crippen LogP contribution in [0.15, 0.2) is 45.6 Å². The minimum absolute atomic E-state index is 0.0437. The van der Waals surface area contributed by atoms with E-state index < -0.39 is 17.2 Å². The lowest BCUT2D eigenvalue weighted by molar-refractivity contribution is -0.0691. The van der Waals surface area contributed by atoms with Crippen molar-refractivity contribution >= 4 is 27.5 Å². The van der Waals surface area contributed by atoms with Gasteiger partial charge in [0.1, 0.15) is 22.3 Å². The molecule has 0 unspecified atom stereocenters. The number of fused-ring (bicyclic) bond motifs is 4. The number of hydrogen-bond acceptors (Lipinski definition) is 3. The van der Waals surface area contributed by atoms with Gasteiger partial charge in [0.05, 0.1) is 18.1 Å². The molecule has 1 heterocycles. The van der Waals surface area contributed by atoms with E-state index in [9.17, 15) is 18.0 Å². The average molecular weight is 346 g/mol. The molecule has 0 radical (unpaired) electrons. The number of allylic oxidation sites excluding steroid dienone is 2. The van der Waals surface area contributed by atoms with Crippen LogP contribution in [0.2, 0.25) is 0 Å². The van der Waals surface area contributed by atoms with E-state index in [4.69, 9.17) is 9.15 Å². The second-order valence-corrected chi connectivity index (χ2v) is 5.89. The third-order valence-electron chi connectivity index (χ3n) is 4.47. The van der Waals surface area contributed by atoms with E-state index in [0.29, 0.717) is 12.0 Å². The highest BCUT2D eigenvalue weighted by molar-refractivity contribution is 6.00. The highest BCUT2D eigenvalue weighted by Crippen LogP contribution is 2.42. The number of ether oxygens (including phenoxy) is 1. The van der Waals surface area contributed by atoms with Crippen molar-refractivity contribution in [3.63, 3.8) is 0 Å².